The third kappa shape index (κ3) is 11.9. The Morgan fingerprint density at radius 2 is 1.48 bits per heavy atom. The van der Waals surface area contributed by atoms with Gasteiger partial charge in [-0.1, -0.05) is 85.3 Å². The Bertz CT molecular complexity index is 659. The van der Waals surface area contributed by atoms with Crippen LogP contribution in [0.25, 0.3) is 0 Å². The zero-order chi connectivity index (χ0) is 23.3. The number of carboxylic acids is 1. The second kappa shape index (κ2) is 14.3. The standard InChI is InChI=1S/C27H44O4/c1-6-7-8-9-10-11-12-15-22(19-18-21(2)20-27(3,4)5)31-26(30)24-17-14-13-16-23(24)25(28)29/h13-14,16-17,21-22H,6-12,15,18-20H2,1-5H3,(H,28,29). The molecule has 1 aromatic carbocycles. The van der Waals surface area contributed by atoms with Gasteiger partial charge in [0.1, 0.15) is 6.10 Å². The maximum Gasteiger partial charge on any atom is 0.339 e. The van der Waals surface area contributed by atoms with Gasteiger partial charge in [0.2, 0.25) is 0 Å². The number of carbonyl (C=O) groups is 2. The predicted octanol–water partition coefficient (Wildman–Crippen LogP) is 7.90. The van der Waals surface area contributed by atoms with Crippen molar-refractivity contribution in [3.05, 3.63) is 35.4 Å². The van der Waals surface area contributed by atoms with Crippen molar-refractivity contribution in [2.75, 3.05) is 0 Å². The maximum atomic E-state index is 12.8. The normalized spacial score (nSPS) is 13.6. The summed E-state index contributed by atoms with van der Waals surface area (Å²) in [5, 5.41) is 9.39. The minimum atomic E-state index is -1.10. The predicted molar refractivity (Wildman–Crippen MR) is 128 cm³/mol. The summed E-state index contributed by atoms with van der Waals surface area (Å²) < 4.78 is 5.85. The van der Waals surface area contributed by atoms with Crippen molar-refractivity contribution < 1.29 is 19.4 Å². The fraction of sp³-hybridized carbons (Fsp3) is 0.704. The van der Waals surface area contributed by atoms with Crippen molar-refractivity contribution >= 4 is 11.9 Å². The molecule has 2 unspecified atom stereocenters. The van der Waals surface area contributed by atoms with E-state index < -0.39 is 11.9 Å². The zero-order valence-corrected chi connectivity index (χ0v) is 20.4. The van der Waals surface area contributed by atoms with Crippen LogP contribution in [0.2, 0.25) is 0 Å². The third-order valence-corrected chi connectivity index (χ3v) is 5.72. The number of ether oxygens (including phenoxy) is 1. The Balaban J connectivity index is 2.68. The molecule has 4 nitrogen and oxygen atoms in total. The lowest BCUT2D eigenvalue weighted by Gasteiger charge is -2.25. The summed E-state index contributed by atoms with van der Waals surface area (Å²) in [6, 6.07) is 6.30. The molecular weight excluding hydrogens is 388 g/mol. The minimum absolute atomic E-state index is 0.00303. The summed E-state index contributed by atoms with van der Waals surface area (Å²) in [6.07, 6.45) is 12.2. The number of esters is 1. The van der Waals surface area contributed by atoms with Crippen molar-refractivity contribution in [1.29, 1.82) is 0 Å². The molecule has 0 spiro atoms. The lowest BCUT2D eigenvalue weighted by molar-refractivity contribution is 0.0231. The largest absolute Gasteiger partial charge is 0.478 e. The second-order valence-corrected chi connectivity index (χ2v) is 10.2. The van der Waals surface area contributed by atoms with Crippen molar-refractivity contribution in [2.24, 2.45) is 11.3 Å². The number of hydrogen-bond donors (Lipinski definition) is 1. The highest BCUT2D eigenvalue weighted by molar-refractivity contribution is 6.02. The van der Waals surface area contributed by atoms with Crippen molar-refractivity contribution in [1.82, 2.24) is 0 Å². The molecule has 2 atom stereocenters. The first-order chi connectivity index (χ1) is 14.6. The van der Waals surface area contributed by atoms with Gasteiger partial charge < -0.3 is 9.84 Å². The van der Waals surface area contributed by atoms with Crippen LogP contribution in [0, 0.1) is 11.3 Å². The molecule has 31 heavy (non-hydrogen) atoms. The van der Waals surface area contributed by atoms with E-state index in [0.29, 0.717) is 5.92 Å². The van der Waals surface area contributed by atoms with Gasteiger partial charge in [-0.2, -0.15) is 0 Å². The quantitative estimate of drug-likeness (QED) is 0.226. The van der Waals surface area contributed by atoms with Crippen LogP contribution in [0.15, 0.2) is 24.3 Å². The molecule has 1 N–H and O–H groups in total. The van der Waals surface area contributed by atoms with E-state index in [0.717, 1.165) is 38.5 Å². The van der Waals surface area contributed by atoms with Crippen LogP contribution < -0.4 is 0 Å². The molecule has 4 heteroatoms. The molecule has 0 bridgehead atoms. The Morgan fingerprint density at radius 3 is 2.06 bits per heavy atom. The number of benzene rings is 1. The lowest BCUT2D eigenvalue weighted by atomic mass is 9.83. The third-order valence-electron chi connectivity index (χ3n) is 5.72. The number of carbonyl (C=O) groups excluding carboxylic acids is 1. The Morgan fingerprint density at radius 1 is 0.903 bits per heavy atom. The van der Waals surface area contributed by atoms with Crippen LogP contribution >= 0.6 is 0 Å². The van der Waals surface area contributed by atoms with Crippen LogP contribution in [-0.4, -0.2) is 23.1 Å². The van der Waals surface area contributed by atoms with Crippen LogP contribution in [-0.2, 0) is 4.74 Å². The average Bonchev–Trinajstić information content (AvgIpc) is 2.69. The number of unbranched alkanes of at least 4 members (excludes halogenated alkanes) is 6. The fourth-order valence-electron chi connectivity index (χ4n) is 4.27. The summed E-state index contributed by atoms with van der Waals surface area (Å²) in [5.74, 6) is -1.06. The first kappa shape index (κ1) is 27.2. The van der Waals surface area contributed by atoms with E-state index in [4.69, 9.17) is 4.74 Å². The van der Waals surface area contributed by atoms with Gasteiger partial charge in [0.05, 0.1) is 11.1 Å². The second-order valence-electron chi connectivity index (χ2n) is 10.2. The molecule has 176 valence electrons. The highest BCUT2D eigenvalue weighted by atomic mass is 16.5. The minimum Gasteiger partial charge on any atom is -0.478 e. The van der Waals surface area contributed by atoms with Gasteiger partial charge in [-0.15, -0.1) is 0 Å². The molecule has 0 aliphatic carbocycles. The summed E-state index contributed by atoms with van der Waals surface area (Å²) in [4.78, 5) is 24.2. The Labute approximate surface area is 189 Å². The Hall–Kier alpha value is -1.84. The van der Waals surface area contributed by atoms with E-state index in [9.17, 15) is 14.7 Å². The van der Waals surface area contributed by atoms with E-state index in [2.05, 4.69) is 34.6 Å². The van der Waals surface area contributed by atoms with E-state index >= 15 is 0 Å². The van der Waals surface area contributed by atoms with Crippen molar-refractivity contribution in [3.63, 3.8) is 0 Å². The van der Waals surface area contributed by atoms with Crippen LogP contribution in [0.3, 0.4) is 0 Å². The van der Waals surface area contributed by atoms with Crippen LogP contribution in [0.5, 0.6) is 0 Å². The highest BCUT2D eigenvalue weighted by Crippen LogP contribution is 2.28. The molecule has 0 aromatic heterocycles. The molecule has 0 saturated carbocycles. The van der Waals surface area contributed by atoms with Gasteiger partial charge in [-0.05, 0) is 55.6 Å². The lowest BCUT2D eigenvalue weighted by Crippen LogP contribution is -2.22. The number of aromatic carboxylic acids is 1. The Kier molecular flexibility index (Phi) is 12.5. The molecule has 0 fully saturated rings. The molecule has 1 rings (SSSR count). The highest BCUT2D eigenvalue weighted by Gasteiger charge is 2.22. The van der Waals surface area contributed by atoms with Gasteiger partial charge in [0.15, 0.2) is 0 Å². The van der Waals surface area contributed by atoms with Gasteiger partial charge in [0, 0.05) is 0 Å². The molecule has 0 heterocycles. The van der Waals surface area contributed by atoms with E-state index in [1.807, 2.05) is 0 Å². The number of hydrogen-bond acceptors (Lipinski definition) is 3. The smallest absolute Gasteiger partial charge is 0.339 e. The molecule has 0 saturated heterocycles. The van der Waals surface area contributed by atoms with Crippen molar-refractivity contribution in [2.45, 2.75) is 111 Å². The van der Waals surface area contributed by atoms with Gasteiger partial charge in [-0.3, -0.25) is 0 Å². The SMILES string of the molecule is CCCCCCCCCC(CCC(C)CC(C)(C)C)OC(=O)c1ccccc1C(=O)O. The molecular formula is C27H44O4. The summed E-state index contributed by atoms with van der Waals surface area (Å²) in [7, 11) is 0. The molecule has 0 aliphatic heterocycles. The monoisotopic (exact) mass is 432 g/mol. The molecule has 0 radical (unpaired) electrons. The van der Waals surface area contributed by atoms with Crippen LogP contribution in [0.4, 0.5) is 0 Å². The summed E-state index contributed by atoms with van der Waals surface area (Å²) >= 11 is 0. The number of rotatable bonds is 15. The van der Waals surface area contributed by atoms with Crippen LogP contribution in [0.1, 0.15) is 126 Å². The van der Waals surface area contributed by atoms with Gasteiger partial charge in [-0.25, -0.2) is 9.59 Å². The first-order valence-electron chi connectivity index (χ1n) is 12.2. The molecule has 0 amide bonds. The van der Waals surface area contributed by atoms with E-state index in [1.54, 1.807) is 18.2 Å². The van der Waals surface area contributed by atoms with Gasteiger partial charge >= 0.3 is 11.9 Å². The molecule has 1 aromatic rings. The fourth-order valence-corrected chi connectivity index (χ4v) is 4.27. The van der Waals surface area contributed by atoms with E-state index in [1.165, 1.54) is 38.2 Å². The average molecular weight is 433 g/mol. The summed E-state index contributed by atoms with van der Waals surface area (Å²) in [6.45, 7) is 11.2. The maximum absolute atomic E-state index is 12.8. The number of carboxylic acid groups (broad SMARTS) is 1. The van der Waals surface area contributed by atoms with Crippen molar-refractivity contribution in [3.8, 4) is 0 Å². The molecule has 0 aliphatic rings. The zero-order valence-electron chi connectivity index (χ0n) is 20.4. The first-order valence-corrected chi connectivity index (χ1v) is 12.2. The van der Waals surface area contributed by atoms with Gasteiger partial charge in [0.25, 0.3) is 0 Å². The topological polar surface area (TPSA) is 63.6 Å². The summed E-state index contributed by atoms with van der Waals surface area (Å²) in [5.41, 5.74) is 0.426. The van der Waals surface area contributed by atoms with E-state index in [-0.39, 0.29) is 22.6 Å².